The number of fused-ring (bicyclic) bond motifs is 2. The van der Waals surface area contributed by atoms with E-state index in [4.69, 9.17) is 14.8 Å². The molecule has 0 unspecified atom stereocenters. The number of aromatic carboxylic acids is 1. The van der Waals surface area contributed by atoms with Gasteiger partial charge in [0, 0.05) is 23.5 Å². The molecule has 196 valence electrons. The summed E-state index contributed by atoms with van der Waals surface area (Å²) in [6, 6.07) is 33.5. The fourth-order valence-corrected chi connectivity index (χ4v) is 4.73. The van der Waals surface area contributed by atoms with E-state index < -0.39 is 5.97 Å². The highest BCUT2D eigenvalue weighted by Crippen LogP contribution is 2.33. The molecule has 0 saturated heterocycles. The van der Waals surface area contributed by atoms with Crippen LogP contribution in [0.1, 0.15) is 32.0 Å². The van der Waals surface area contributed by atoms with Gasteiger partial charge in [0.25, 0.3) is 5.91 Å². The lowest BCUT2D eigenvalue weighted by molar-refractivity contribution is 0.0696. The molecule has 0 aliphatic heterocycles. The van der Waals surface area contributed by atoms with Crippen LogP contribution in [0.25, 0.3) is 21.8 Å². The minimum Gasteiger partial charge on any atom is -0.478 e. The third-order valence-corrected chi connectivity index (χ3v) is 6.74. The van der Waals surface area contributed by atoms with Gasteiger partial charge >= 0.3 is 5.97 Å². The molecule has 2 N–H and O–H groups in total. The lowest BCUT2D eigenvalue weighted by atomic mass is 10.1. The molecule has 6 aromatic rings. The normalized spacial score (nSPS) is 11.0. The second-order valence-corrected chi connectivity index (χ2v) is 9.41. The van der Waals surface area contributed by atoms with Crippen LogP contribution < -0.4 is 10.1 Å². The Kier molecular flexibility index (Phi) is 6.68. The lowest BCUT2D eigenvalue weighted by Crippen LogP contribution is -2.23. The van der Waals surface area contributed by atoms with Crippen molar-refractivity contribution in [3.8, 4) is 11.5 Å². The molecule has 2 heterocycles. The Bertz CT molecular complexity index is 1840. The number of carbonyl (C=O) groups is 2. The number of ether oxygens (including phenoxy) is 1. The summed E-state index contributed by atoms with van der Waals surface area (Å²) in [6.07, 6.45) is 1.95. The highest BCUT2D eigenvalue weighted by Gasteiger charge is 2.18. The number of carboxylic acid groups (broad SMARTS) is 1. The van der Waals surface area contributed by atoms with Gasteiger partial charge in [-0.1, -0.05) is 54.6 Å². The first-order chi connectivity index (χ1) is 19.5. The number of para-hydroxylation sites is 2. The maximum atomic E-state index is 13.5. The van der Waals surface area contributed by atoms with Gasteiger partial charge in [-0.3, -0.25) is 9.78 Å². The van der Waals surface area contributed by atoms with Crippen LogP contribution in [-0.2, 0) is 13.1 Å². The van der Waals surface area contributed by atoms with Crippen molar-refractivity contribution in [1.82, 2.24) is 14.9 Å². The maximum absolute atomic E-state index is 13.5. The number of carboxylic acids is 1. The standard InChI is InChI=1S/C33H25N3O4/c37-32(34-20-22-10-12-24(13-11-22)33(38)39)28-16-17-30(40-26-7-2-1-3-8-26)27-18-19-36(31(27)28)21-25-15-14-23-6-4-5-9-29(23)35-25/h1-19H,20-21H2,(H,34,37)(H,38,39). The topological polar surface area (TPSA) is 93.5 Å². The quantitative estimate of drug-likeness (QED) is 0.231. The molecule has 0 aliphatic rings. The molecule has 0 atom stereocenters. The SMILES string of the molecule is O=C(O)c1ccc(CNC(=O)c2ccc(Oc3ccccc3)c3ccn(Cc4ccc5ccccc5n4)c23)cc1. The zero-order valence-electron chi connectivity index (χ0n) is 21.5. The Hall–Kier alpha value is -5.43. The summed E-state index contributed by atoms with van der Waals surface area (Å²) in [5.41, 5.74) is 4.03. The van der Waals surface area contributed by atoms with Crippen LogP contribution in [0.4, 0.5) is 0 Å². The van der Waals surface area contributed by atoms with E-state index in [0.29, 0.717) is 23.6 Å². The Morgan fingerprint density at radius 3 is 2.40 bits per heavy atom. The van der Waals surface area contributed by atoms with E-state index in [-0.39, 0.29) is 18.0 Å². The highest BCUT2D eigenvalue weighted by molar-refractivity contribution is 6.07. The van der Waals surface area contributed by atoms with Crippen molar-refractivity contribution in [2.24, 2.45) is 0 Å². The summed E-state index contributed by atoms with van der Waals surface area (Å²) in [6.45, 7) is 0.732. The molecular weight excluding hydrogens is 502 g/mol. The number of nitrogens with zero attached hydrogens (tertiary/aromatic N) is 2. The Morgan fingerprint density at radius 1 is 0.825 bits per heavy atom. The number of aromatic nitrogens is 2. The van der Waals surface area contributed by atoms with Crippen molar-refractivity contribution in [1.29, 1.82) is 0 Å². The predicted molar refractivity (Wildman–Crippen MR) is 154 cm³/mol. The number of rotatable bonds is 8. The summed E-state index contributed by atoms with van der Waals surface area (Å²) in [4.78, 5) is 29.4. The van der Waals surface area contributed by atoms with Crippen LogP contribution >= 0.6 is 0 Å². The van der Waals surface area contributed by atoms with Gasteiger partial charge in [0.15, 0.2) is 0 Å². The molecule has 4 aromatic carbocycles. The van der Waals surface area contributed by atoms with Crippen molar-refractivity contribution in [3.63, 3.8) is 0 Å². The van der Waals surface area contributed by atoms with E-state index in [1.54, 1.807) is 18.2 Å². The van der Waals surface area contributed by atoms with Crippen LogP contribution in [-0.4, -0.2) is 26.5 Å². The number of hydrogen-bond donors (Lipinski definition) is 2. The largest absolute Gasteiger partial charge is 0.478 e. The fourth-order valence-electron chi connectivity index (χ4n) is 4.73. The summed E-state index contributed by atoms with van der Waals surface area (Å²) < 4.78 is 8.21. The van der Waals surface area contributed by atoms with E-state index in [1.807, 2.05) is 83.6 Å². The number of benzene rings is 4. The van der Waals surface area contributed by atoms with Gasteiger partial charge < -0.3 is 19.7 Å². The lowest BCUT2D eigenvalue weighted by Gasteiger charge is -2.14. The molecule has 40 heavy (non-hydrogen) atoms. The second-order valence-electron chi connectivity index (χ2n) is 9.41. The first-order valence-corrected chi connectivity index (χ1v) is 12.8. The van der Waals surface area contributed by atoms with Crippen LogP contribution in [0.3, 0.4) is 0 Å². The molecule has 0 aliphatic carbocycles. The molecule has 0 spiro atoms. The predicted octanol–water partition coefficient (Wildman–Crippen LogP) is 6.66. The average molecular weight is 528 g/mol. The molecule has 0 saturated carbocycles. The summed E-state index contributed by atoms with van der Waals surface area (Å²) in [7, 11) is 0. The van der Waals surface area contributed by atoms with Crippen LogP contribution in [0.2, 0.25) is 0 Å². The number of carbonyl (C=O) groups excluding carboxylic acids is 1. The monoisotopic (exact) mass is 527 g/mol. The van der Waals surface area contributed by atoms with Crippen molar-refractivity contribution in [2.45, 2.75) is 13.1 Å². The third kappa shape index (κ3) is 5.13. The highest BCUT2D eigenvalue weighted by atomic mass is 16.5. The number of hydrogen-bond acceptors (Lipinski definition) is 4. The van der Waals surface area contributed by atoms with Crippen LogP contribution in [0, 0.1) is 0 Å². The molecule has 0 fully saturated rings. The van der Waals surface area contributed by atoms with E-state index in [0.717, 1.165) is 33.1 Å². The second kappa shape index (κ2) is 10.7. The average Bonchev–Trinajstić information content (AvgIpc) is 3.40. The maximum Gasteiger partial charge on any atom is 0.335 e. The van der Waals surface area contributed by atoms with Crippen molar-refractivity contribution >= 4 is 33.7 Å². The van der Waals surface area contributed by atoms with Crippen molar-refractivity contribution in [2.75, 3.05) is 0 Å². The van der Waals surface area contributed by atoms with Gasteiger partial charge in [-0.05, 0) is 60.2 Å². The first-order valence-electron chi connectivity index (χ1n) is 12.8. The molecular formula is C33H25N3O4. The van der Waals surface area contributed by atoms with Gasteiger partial charge in [-0.25, -0.2) is 4.79 Å². The van der Waals surface area contributed by atoms with Gasteiger partial charge in [0.2, 0.25) is 0 Å². The van der Waals surface area contributed by atoms with Crippen molar-refractivity contribution in [3.05, 3.63) is 138 Å². The van der Waals surface area contributed by atoms with E-state index in [1.165, 1.54) is 12.1 Å². The number of amides is 1. The molecule has 0 bridgehead atoms. The molecule has 7 heteroatoms. The van der Waals surface area contributed by atoms with Gasteiger partial charge in [0.05, 0.1) is 34.4 Å². The zero-order valence-corrected chi connectivity index (χ0v) is 21.5. The van der Waals surface area contributed by atoms with E-state index in [2.05, 4.69) is 11.4 Å². The number of nitrogens with one attached hydrogen (secondary N) is 1. The molecule has 6 rings (SSSR count). The summed E-state index contributed by atoms with van der Waals surface area (Å²) in [5, 5.41) is 14.0. The van der Waals surface area contributed by atoms with E-state index >= 15 is 0 Å². The Labute approximate surface area is 230 Å². The fraction of sp³-hybridized carbons (Fsp3) is 0.0606. The molecule has 2 aromatic heterocycles. The number of pyridine rings is 1. The minimum atomic E-state index is -0.988. The Balaban J connectivity index is 1.34. The van der Waals surface area contributed by atoms with Crippen LogP contribution in [0.15, 0.2) is 115 Å². The molecule has 7 nitrogen and oxygen atoms in total. The summed E-state index contributed by atoms with van der Waals surface area (Å²) in [5.74, 6) is 0.115. The van der Waals surface area contributed by atoms with E-state index in [9.17, 15) is 9.59 Å². The zero-order chi connectivity index (χ0) is 27.5. The smallest absolute Gasteiger partial charge is 0.335 e. The van der Waals surface area contributed by atoms with Crippen LogP contribution in [0.5, 0.6) is 11.5 Å². The minimum absolute atomic E-state index is 0.200. The third-order valence-electron chi connectivity index (χ3n) is 6.74. The molecule has 0 radical (unpaired) electrons. The van der Waals surface area contributed by atoms with Gasteiger partial charge in [-0.15, -0.1) is 0 Å². The van der Waals surface area contributed by atoms with Gasteiger partial charge in [0.1, 0.15) is 11.5 Å². The Morgan fingerprint density at radius 2 is 1.60 bits per heavy atom. The van der Waals surface area contributed by atoms with Crippen molar-refractivity contribution < 1.29 is 19.4 Å². The summed E-state index contributed by atoms with van der Waals surface area (Å²) >= 11 is 0. The first kappa shape index (κ1) is 24.9. The molecule has 1 amide bonds. The van der Waals surface area contributed by atoms with Gasteiger partial charge in [-0.2, -0.15) is 0 Å².